The van der Waals surface area contributed by atoms with E-state index in [1.807, 2.05) is 0 Å². The number of para-hydroxylation sites is 1. The van der Waals surface area contributed by atoms with Crippen LogP contribution in [0.2, 0.25) is 5.02 Å². The van der Waals surface area contributed by atoms with Gasteiger partial charge >= 0.3 is 6.61 Å². The highest BCUT2D eigenvalue weighted by molar-refractivity contribution is 6.31. The molecule has 1 aliphatic rings. The third-order valence-corrected chi connectivity index (χ3v) is 4.81. The summed E-state index contributed by atoms with van der Waals surface area (Å²) in [5, 5.41) is 0.964. The molecule has 0 N–H and O–H groups in total. The van der Waals surface area contributed by atoms with Gasteiger partial charge in [0.2, 0.25) is 0 Å². The first-order valence-electron chi connectivity index (χ1n) is 8.51. The number of hydrogen-bond donors (Lipinski definition) is 0. The molecular weight excluding hydrogens is 390 g/mol. The molecule has 0 radical (unpaired) electrons. The lowest BCUT2D eigenvalue weighted by Gasteiger charge is -2.13. The summed E-state index contributed by atoms with van der Waals surface area (Å²) in [6.07, 6.45) is 2.24. The van der Waals surface area contributed by atoms with Crippen LogP contribution < -0.4 is 15.0 Å². The van der Waals surface area contributed by atoms with Crippen molar-refractivity contribution in [2.45, 2.75) is 19.6 Å². The van der Waals surface area contributed by atoms with Gasteiger partial charge < -0.3 is 9.47 Å². The second kappa shape index (κ2) is 7.24. The van der Waals surface area contributed by atoms with Crippen LogP contribution in [0.3, 0.4) is 0 Å². The SMILES string of the molecule is COc1cccc(/C=C2\CCn3c2nc2cc(Cl)ccc2c3=O)c1OC(F)F. The highest BCUT2D eigenvalue weighted by Gasteiger charge is 2.22. The predicted octanol–water partition coefficient (Wildman–Crippen LogP) is 4.60. The zero-order valence-corrected chi connectivity index (χ0v) is 15.5. The van der Waals surface area contributed by atoms with Crippen molar-refractivity contribution in [3.8, 4) is 11.5 Å². The molecule has 144 valence electrons. The Morgan fingerprint density at radius 2 is 2.11 bits per heavy atom. The van der Waals surface area contributed by atoms with Gasteiger partial charge in [-0.1, -0.05) is 23.7 Å². The molecule has 0 saturated carbocycles. The Hall–Kier alpha value is -2.93. The van der Waals surface area contributed by atoms with Gasteiger partial charge in [-0.2, -0.15) is 8.78 Å². The van der Waals surface area contributed by atoms with E-state index in [1.54, 1.807) is 47.0 Å². The van der Waals surface area contributed by atoms with Crippen molar-refractivity contribution >= 4 is 34.2 Å². The highest BCUT2D eigenvalue weighted by Crippen LogP contribution is 2.36. The number of nitrogens with zero attached hydrogens (tertiary/aromatic N) is 2. The van der Waals surface area contributed by atoms with Gasteiger partial charge in [0.15, 0.2) is 11.5 Å². The lowest BCUT2D eigenvalue weighted by Crippen LogP contribution is -2.20. The quantitative estimate of drug-likeness (QED) is 0.637. The molecular formula is C20H15ClF2N2O3. The number of benzene rings is 2. The molecule has 4 rings (SSSR count). The Morgan fingerprint density at radius 3 is 2.86 bits per heavy atom. The van der Waals surface area contributed by atoms with Gasteiger partial charge in [-0.05, 0) is 42.3 Å². The number of hydrogen-bond acceptors (Lipinski definition) is 4. The predicted molar refractivity (Wildman–Crippen MR) is 103 cm³/mol. The molecule has 0 aliphatic carbocycles. The van der Waals surface area contributed by atoms with Gasteiger partial charge in [-0.15, -0.1) is 0 Å². The molecule has 2 aromatic carbocycles. The number of rotatable bonds is 4. The summed E-state index contributed by atoms with van der Waals surface area (Å²) >= 11 is 6.03. The summed E-state index contributed by atoms with van der Waals surface area (Å²) in [5.41, 5.74) is 1.50. The summed E-state index contributed by atoms with van der Waals surface area (Å²) < 4.78 is 37.1. The first-order chi connectivity index (χ1) is 13.5. The minimum absolute atomic E-state index is 0.0582. The number of halogens is 3. The fourth-order valence-corrected chi connectivity index (χ4v) is 3.50. The van der Waals surface area contributed by atoms with Gasteiger partial charge in [0.25, 0.3) is 5.56 Å². The Morgan fingerprint density at radius 1 is 1.29 bits per heavy atom. The van der Waals surface area contributed by atoms with Crippen molar-refractivity contribution in [1.82, 2.24) is 9.55 Å². The van der Waals surface area contributed by atoms with Crippen molar-refractivity contribution in [2.75, 3.05) is 7.11 Å². The van der Waals surface area contributed by atoms with Crippen molar-refractivity contribution in [2.24, 2.45) is 0 Å². The molecule has 8 heteroatoms. The van der Waals surface area contributed by atoms with Gasteiger partial charge in [-0.25, -0.2) is 4.98 Å². The van der Waals surface area contributed by atoms with E-state index in [4.69, 9.17) is 16.3 Å². The monoisotopic (exact) mass is 404 g/mol. The normalized spacial score (nSPS) is 14.7. The summed E-state index contributed by atoms with van der Waals surface area (Å²) in [5.74, 6) is 0.631. The lowest BCUT2D eigenvalue weighted by atomic mass is 10.1. The zero-order chi connectivity index (χ0) is 19.8. The average molecular weight is 405 g/mol. The molecule has 0 fully saturated rings. The fraction of sp³-hybridized carbons (Fsp3) is 0.200. The van der Waals surface area contributed by atoms with Gasteiger partial charge in [-0.3, -0.25) is 9.36 Å². The van der Waals surface area contributed by atoms with Crippen LogP contribution in [0.1, 0.15) is 17.8 Å². The molecule has 1 aliphatic heterocycles. The highest BCUT2D eigenvalue weighted by atomic mass is 35.5. The Bertz CT molecular complexity index is 1160. The van der Waals surface area contributed by atoms with Crippen molar-refractivity contribution in [3.05, 3.63) is 63.2 Å². The second-order valence-corrected chi connectivity index (χ2v) is 6.67. The van der Waals surface area contributed by atoms with E-state index >= 15 is 0 Å². The minimum Gasteiger partial charge on any atom is -0.493 e. The van der Waals surface area contributed by atoms with Crippen LogP contribution in [0.5, 0.6) is 11.5 Å². The smallest absolute Gasteiger partial charge is 0.387 e. The standard InChI is InChI=1S/C20H15ClF2N2O3/c1-27-16-4-2-3-11(17(16)28-20(22)23)9-12-7-8-25-18(12)24-15-10-13(21)5-6-14(15)19(25)26/h2-6,9-10,20H,7-8H2,1H3/b12-9+. The van der Waals surface area contributed by atoms with Crippen molar-refractivity contribution in [1.29, 1.82) is 0 Å². The first-order valence-corrected chi connectivity index (χ1v) is 8.88. The largest absolute Gasteiger partial charge is 0.493 e. The van der Waals surface area contributed by atoms with E-state index in [0.29, 0.717) is 40.3 Å². The van der Waals surface area contributed by atoms with Crippen LogP contribution in [0.15, 0.2) is 41.2 Å². The Balaban J connectivity index is 1.87. The first kappa shape index (κ1) is 18.4. The van der Waals surface area contributed by atoms with Crippen LogP contribution in [-0.4, -0.2) is 23.3 Å². The molecule has 0 spiro atoms. The third-order valence-electron chi connectivity index (χ3n) is 4.58. The molecule has 0 unspecified atom stereocenters. The molecule has 2 heterocycles. The molecule has 0 atom stereocenters. The topological polar surface area (TPSA) is 53.4 Å². The molecule has 0 bridgehead atoms. The average Bonchev–Trinajstić information content (AvgIpc) is 3.05. The number of methoxy groups -OCH3 is 1. The molecule has 0 amide bonds. The molecule has 0 saturated heterocycles. The fourth-order valence-electron chi connectivity index (χ4n) is 3.34. The van der Waals surface area contributed by atoms with E-state index in [-0.39, 0.29) is 17.1 Å². The number of fused-ring (bicyclic) bond motifs is 2. The molecule has 28 heavy (non-hydrogen) atoms. The van der Waals surface area contributed by atoms with Gasteiger partial charge in [0.05, 0.1) is 18.0 Å². The van der Waals surface area contributed by atoms with E-state index in [2.05, 4.69) is 9.72 Å². The minimum atomic E-state index is -2.99. The Kier molecular flexibility index (Phi) is 4.77. The maximum Gasteiger partial charge on any atom is 0.387 e. The maximum atomic E-state index is 12.9. The molecule has 3 aromatic rings. The number of ether oxygens (including phenoxy) is 2. The lowest BCUT2D eigenvalue weighted by molar-refractivity contribution is -0.0513. The summed E-state index contributed by atoms with van der Waals surface area (Å²) in [6, 6.07) is 9.80. The van der Waals surface area contributed by atoms with E-state index in [0.717, 1.165) is 5.57 Å². The van der Waals surface area contributed by atoms with E-state index < -0.39 is 6.61 Å². The van der Waals surface area contributed by atoms with Crippen LogP contribution in [0.25, 0.3) is 22.6 Å². The van der Waals surface area contributed by atoms with E-state index in [9.17, 15) is 13.6 Å². The third kappa shape index (κ3) is 3.22. The van der Waals surface area contributed by atoms with Crippen LogP contribution >= 0.6 is 11.6 Å². The van der Waals surface area contributed by atoms with Crippen LogP contribution in [-0.2, 0) is 6.54 Å². The van der Waals surface area contributed by atoms with Crippen LogP contribution in [0.4, 0.5) is 8.78 Å². The number of aromatic nitrogens is 2. The maximum absolute atomic E-state index is 12.9. The van der Waals surface area contributed by atoms with Gasteiger partial charge in [0.1, 0.15) is 5.82 Å². The summed E-state index contributed by atoms with van der Waals surface area (Å²) in [4.78, 5) is 17.3. The van der Waals surface area contributed by atoms with Crippen molar-refractivity contribution in [3.63, 3.8) is 0 Å². The molecule has 1 aromatic heterocycles. The summed E-state index contributed by atoms with van der Waals surface area (Å²) in [7, 11) is 1.38. The zero-order valence-electron chi connectivity index (χ0n) is 14.8. The van der Waals surface area contributed by atoms with Gasteiger partial charge in [0, 0.05) is 17.1 Å². The second-order valence-electron chi connectivity index (χ2n) is 6.23. The van der Waals surface area contributed by atoms with Crippen molar-refractivity contribution < 1.29 is 18.3 Å². The van der Waals surface area contributed by atoms with E-state index in [1.165, 1.54) is 7.11 Å². The van der Waals surface area contributed by atoms with Crippen LogP contribution in [0, 0.1) is 0 Å². The number of allylic oxidation sites excluding steroid dienone is 1. The Labute approximate surface area is 163 Å². The molecule has 5 nitrogen and oxygen atoms in total. The summed E-state index contributed by atoms with van der Waals surface area (Å²) in [6.45, 7) is -2.53. The number of alkyl halides is 2.